The molecule has 1 aromatic carbocycles. The van der Waals surface area contributed by atoms with Gasteiger partial charge in [0.15, 0.2) is 0 Å². The summed E-state index contributed by atoms with van der Waals surface area (Å²) in [7, 11) is 0. The molecule has 0 N–H and O–H groups in total. The van der Waals surface area contributed by atoms with Crippen molar-refractivity contribution in [2.75, 3.05) is 26.2 Å². The van der Waals surface area contributed by atoms with Gasteiger partial charge in [-0.05, 0) is 52.0 Å². The molecule has 0 aromatic heterocycles. The zero-order valence-electron chi connectivity index (χ0n) is 19.9. The van der Waals surface area contributed by atoms with Crippen LogP contribution in [0.1, 0.15) is 52.0 Å². The monoisotopic (exact) mass is 457 g/mol. The van der Waals surface area contributed by atoms with Crippen LogP contribution in [-0.2, 0) is 20.9 Å². The predicted octanol–water partition coefficient (Wildman–Crippen LogP) is 3.65. The summed E-state index contributed by atoms with van der Waals surface area (Å²) in [6.45, 7) is 7.96. The van der Waals surface area contributed by atoms with Gasteiger partial charge in [0.1, 0.15) is 12.2 Å². The van der Waals surface area contributed by atoms with Crippen LogP contribution >= 0.6 is 0 Å². The van der Waals surface area contributed by atoms with Gasteiger partial charge >= 0.3 is 12.2 Å². The maximum atomic E-state index is 13.4. The Morgan fingerprint density at radius 1 is 0.879 bits per heavy atom. The molecule has 3 heterocycles. The minimum absolute atomic E-state index is 0.0534. The van der Waals surface area contributed by atoms with Gasteiger partial charge in [0, 0.05) is 44.2 Å². The van der Waals surface area contributed by atoms with Gasteiger partial charge in [0.05, 0.1) is 0 Å². The van der Waals surface area contributed by atoms with Crippen LogP contribution in [-0.4, -0.2) is 76.7 Å². The molecule has 0 aliphatic carbocycles. The predicted molar refractivity (Wildman–Crippen MR) is 122 cm³/mol. The zero-order valence-corrected chi connectivity index (χ0v) is 19.9. The van der Waals surface area contributed by atoms with Crippen LogP contribution in [0.15, 0.2) is 30.3 Å². The van der Waals surface area contributed by atoms with Crippen LogP contribution < -0.4 is 0 Å². The average molecular weight is 458 g/mol. The molecule has 4 rings (SSSR count). The normalized spacial score (nSPS) is 23.4. The average Bonchev–Trinajstić information content (AvgIpc) is 3.05. The SMILES string of the molecule is CC(C)(C)OC(=O)N1CC2CCC(C1)N2C(=O)C1CCN(C(=O)OCc2ccccc2)CC1. The van der Waals surface area contributed by atoms with E-state index >= 15 is 0 Å². The number of hydrogen-bond donors (Lipinski definition) is 0. The number of piperazine rings is 1. The van der Waals surface area contributed by atoms with Gasteiger partial charge in [-0.3, -0.25) is 4.79 Å². The Balaban J connectivity index is 1.26. The van der Waals surface area contributed by atoms with Crippen molar-refractivity contribution in [1.29, 1.82) is 0 Å². The molecule has 3 fully saturated rings. The van der Waals surface area contributed by atoms with Gasteiger partial charge in [-0.25, -0.2) is 9.59 Å². The van der Waals surface area contributed by atoms with Gasteiger partial charge in [-0.15, -0.1) is 0 Å². The third-order valence-electron chi connectivity index (χ3n) is 6.70. The van der Waals surface area contributed by atoms with Crippen molar-refractivity contribution in [2.45, 2.75) is 70.7 Å². The van der Waals surface area contributed by atoms with Crippen molar-refractivity contribution in [1.82, 2.24) is 14.7 Å². The maximum absolute atomic E-state index is 13.4. The Labute approximate surface area is 195 Å². The first-order chi connectivity index (χ1) is 15.7. The molecule has 0 spiro atoms. The lowest BCUT2D eigenvalue weighted by Gasteiger charge is -2.43. The van der Waals surface area contributed by atoms with E-state index in [9.17, 15) is 14.4 Å². The number of ether oxygens (including phenoxy) is 2. The van der Waals surface area contributed by atoms with E-state index in [0.29, 0.717) is 39.0 Å². The lowest BCUT2D eigenvalue weighted by molar-refractivity contribution is -0.142. The van der Waals surface area contributed by atoms with Crippen molar-refractivity contribution in [3.8, 4) is 0 Å². The highest BCUT2D eigenvalue weighted by Gasteiger charge is 2.46. The van der Waals surface area contributed by atoms with Crippen molar-refractivity contribution >= 4 is 18.1 Å². The van der Waals surface area contributed by atoms with Crippen LogP contribution in [0.4, 0.5) is 9.59 Å². The van der Waals surface area contributed by atoms with Crippen LogP contribution in [0.2, 0.25) is 0 Å². The lowest BCUT2D eigenvalue weighted by Crippen LogP contribution is -2.59. The van der Waals surface area contributed by atoms with Gasteiger partial charge in [0.2, 0.25) is 5.91 Å². The summed E-state index contributed by atoms with van der Waals surface area (Å²) in [5.41, 5.74) is 0.427. The summed E-state index contributed by atoms with van der Waals surface area (Å²) < 4.78 is 11.0. The maximum Gasteiger partial charge on any atom is 0.410 e. The zero-order chi connectivity index (χ0) is 23.6. The molecule has 3 amide bonds. The Hall–Kier alpha value is -2.77. The van der Waals surface area contributed by atoms with Crippen molar-refractivity contribution in [3.05, 3.63) is 35.9 Å². The number of carbonyl (C=O) groups excluding carboxylic acids is 3. The standard InChI is InChI=1S/C25H35N3O5/c1-25(2,3)33-24(31)27-15-20-9-10-21(16-27)28(20)22(29)19-11-13-26(14-12-19)23(30)32-17-18-7-5-4-6-8-18/h4-8,19-21H,9-17H2,1-3H3. The third-order valence-corrected chi connectivity index (χ3v) is 6.70. The molecule has 3 aliphatic heterocycles. The number of carbonyl (C=O) groups is 3. The second kappa shape index (κ2) is 9.61. The van der Waals surface area contributed by atoms with Gasteiger partial charge < -0.3 is 24.2 Å². The van der Waals surface area contributed by atoms with Crippen LogP contribution in [0, 0.1) is 5.92 Å². The van der Waals surface area contributed by atoms with Crippen LogP contribution in [0.5, 0.6) is 0 Å². The Morgan fingerprint density at radius 3 is 2.06 bits per heavy atom. The largest absolute Gasteiger partial charge is 0.445 e. The summed E-state index contributed by atoms with van der Waals surface area (Å²) in [6.07, 6.45) is 2.50. The number of nitrogens with zero attached hydrogens (tertiary/aromatic N) is 3. The van der Waals surface area contributed by atoms with Gasteiger partial charge in [0.25, 0.3) is 0 Å². The second-order valence-electron chi connectivity index (χ2n) is 10.3. The molecule has 180 valence electrons. The molecular weight excluding hydrogens is 422 g/mol. The molecule has 8 heteroatoms. The molecule has 1 aromatic rings. The van der Waals surface area contributed by atoms with E-state index < -0.39 is 5.60 Å². The number of amides is 3. The molecule has 3 aliphatic rings. The highest BCUT2D eigenvalue weighted by atomic mass is 16.6. The highest BCUT2D eigenvalue weighted by molar-refractivity contribution is 5.81. The Bertz CT molecular complexity index is 847. The first kappa shape index (κ1) is 23.4. The van der Waals surface area contributed by atoms with Gasteiger partial charge in [-0.2, -0.15) is 0 Å². The molecule has 0 radical (unpaired) electrons. The minimum Gasteiger partial charge on any atom is -0.445 e. The first-order valence-electron chi connectivity index (χ1n) is 12.0. The van der Waals surface area contributed by atoms with Gasteiger partial charge in [-0.1, -0.05) is 30.3 Å². The molecule has 8 nitrogen and oxygen atoms in total. The molecule has 2 atom stereocenters. The number of hydrogen-bond acceptors (Lipinski definition) is 5. The Morgan fingerprint density at radius 2 is 1.48 bits per heavy atom. The Kier molecular flexibility index (Phi) is 6.81. The first-order valence-corrected chi connectivity index (χ1v) is 12.0. The van der Waals surface area contributed by atoms with Crippen molar-refractivity contribution in [2.24, 2.45) is 5.92 Å². The van der Waals surface area contributed by atoms with Crippen LogP contribution in [0.25, 0.3) is 0 Å². The van der Waals surface area contributed by atoms with E-state index in [1.165, 1.54) is 0 Å². The minimum atomic E-state index is -0.528. The number of piperidine rings is 1. The summed E-state index contributed by atoms with van der Waals surface area (Å²) in [4.78, 5) is 43.8. The van der Waals surface area contributed by atoms with Crippen LogP contribution in [0.3, 0.4) is 0 Å². The summed E-state index contributed by atoms with van der Waals surface area (Å²) in [5.74, 6) is 0.0861. The molecule has 3 saturated heterocycles. The number of rotatable bonds is 3. The second-order valence-corrected chi connectivity index (χ2v) is 10.3. The number of benzene rings is 1. The van der Waals surface area contributed by atoms with E-state index in [0.717, 1.165) is 18.4 Å². The van der Waals surface area contributed by atoms with Crippen molar-refractivity contribution < 1.29 is 23.9 Å². The fraction of sp³-hybridized carbons (Fsp3) is 0.640. The number of fused-ring (bicyclic) bond motifs is 2. The lowest BCUT2D eigenvalue weighted by atomic mass is 9.94. The smallest absolute Gasteiger partial charge is 0.410 e. The molecule has 33 heavy (non-hydrogen) atoms. The summed E-state index contributed by atoms with van der Waals surface area (Å²) in [6, 6.07) is 9.72. The number of likely N-dealkylation sites (tertiary alicyclic amines) is 2. The van der Waals surface area contributed by atoms with E-state index in [1.54, 1.807) is 9.80 Å². The van der Waals surface area contributed by atoms with E-state index in [2.05, 4.69) is 0 Å². The third kappa shape index (κ3) is 5.60. The summed E-state index contributed by atoms with van der Waals surface area (Å²) >= 11 is 0. The molecule has 2 unspecified atom stereocenters. The summed E-state index contributed by atoms with van der Waals surface area (Å²) in [5, 5.41) is 0. The van der Waals surface area contributed by atoms with E-state index in [4.69, 9.17) is 9.47 Å². The fourth-order valence-electron chi connectivity index (χ4n) is 5.07. The van der Waals surface area contributed by atoms with E-state index in [1.807, 2.05) is 56.0 Å². The quantitative estimate of drug-likeness (QED) is 0.692. The molecular formula is C25H35N3O5. The van der Waals surface area contributed by atoms with E-state index in [-0.39, 0.29) is 42.7 Å². The fourth-order valence-corrected chi connectivity index (χ4v) is 5.07. The van der Waals surface area contributed by atoms with Crippen molar-refractivity contribution in [3.63, 3.8) is 0 Å². The highest BCUT2D eigenvalue weighted by Crippen LogP contribution is 2.34. The molecule has 0 saturated carbocycles. The topological polar surface area (TPSA) is 79.4 Å². The molecule has 2 bridgehead atoms.